The molecule has 0 amide bonds. The van der Waals surface area contributed by atoms with E-state index in [2.05, 4.69) is 0 Å². The van der Waals surface area contributed by atoms with E-state index in [1.165, 1.54) is 0 Å². The minimum Gasteiger partial charge on any atom is -0.198 e. The molecule has 0 unspecified atom stereocenters. The second-order valence-electron chi connectivity index (χ2n) is 3.02. The Balaban J connectivity index is 5.97. The fourth-order valence-corrected chi connectivity index (χ4v) is 0.852. The highest BCUT2D eigenvalue weighted by Crippen LogP contribution is 2.58. The van der Waals surface area contributed by atoms with Crippen LogP contribution in [0.15, 0.2) is 0 Å². The molecule has 0 N–H and O–H groups in total. The average Bonchev–Trinajstić information content (AvgIpc) is 1.92. The molecule has 0 atom stereocenters. The maximum atomic E-state index is 12.4. The van der Waals surface area contributed by atoms with Gasteiger partial charge in [0.15, 0.2) is 0 Å². The van der Waals surface area contributed by atoms with Crippen molar-refractivity contribution < 1.29 is 57.1 Å². The molecule has 19 heavy (non-hydrogen) atoms. The summed E-state index contributed by atoms with van der Waals surface area (Å²) in [4.78, 5) is 0. The van der Waals surface area contributed by atoms with Crippen molar-refractivity contribution in [3.8, 4) is 0 Å². The van der Waals surface area contributed by atoms with E-state index < -0.39 is 36.3 Å². The first-order valence-electron chi connectivity index (χ1n) is 3.71. The summed E-state index contributed by atoms with van der Waals surface area (Å²) in [5.74, 6) is -20.2. The molecule has 0 saturated heterocycles. The Morgan fingerprint density at radius 1 is 0.474 bits per heavy atom. The maximum absolute atomic E-state index is 12.4. The molecule has 13 heteroatoms. The molecule has 0 saturated carbocycles. The lowest BCUT2D eigenvalue weighted by Crippen LogP contribution is -2.61. The molecule has 115 valence electrons. The van der Waals surface area contributed by atoms with Gasteiger partial charge < -0.3 is 0 Å². The summed E-state index contributed by atoms with van der Waals surface area (Å²) < 4.78 is 154. The molecule has 0 aromatic rings. The summed E-state index contributed by atoms with van der Waals surface area (Å²) in [6.07, 6.45) is -21.6. The lowest BCUT2D eigenvalue weighted by atomic mass is 9.94. The first-order valence-corrected chi connectivity index (χ1v) is 3.71. The van der Waals surface area contributed by atoms with Gasteiger partial charge in [-0.15, -0.1) is 0 Å². The Morgan fingerprint density at radius 3 is 0.895 bits per heavy atom. The van der Waals surface area contributed by atoms with Crippen LogP contribution in [0.1, 0.15) is 0 Å². The highest BCUT2D eigenvalue weighted by atomic mass is 19.4. The summed E-state index contributed by atoms with van der Waals surface area (Å²) >= 11 is 0. The van der Waals surface area contributed by atoms with Crippen LogP contribution in [0.2, 0.25) is 0 Å². The van der Waals surface area contributed by atoms with E-state index in [-0.39, 0.29) is 0 Å². The van der Waals surface area contributed by atoms with Gasteiger partial charge in [0.1, 0.15) is 0 Å². The Hall–Kier alpha value is -0.910. The molecule has 0 aromatic heterocycles. The van der Waals surface area contributed by atoms with E-state index in [1.807, 2.05) is 0 Å². The van der Waals surface area contributed by atoms with Crippen LogP contribution in [-0.2, 0) is 0 Å². The molecule has 0 bridgehead atoms. The standard InChI is InChI=1S/C6F13/c7-2(8,5(15,16)6(17,18)19)1(3(9,10)11)4(12,13)14. The number of hydrogen-bond acceptors (Lipinski definition) is 0. The van der Waals surface area contributed by atoms with Crippen LogP contribution in [0.4, 0.5) is 57.1 Å². The smallest absolute Gasteiger partial charge is 0.198 e. The first-order chi connectivity index (χ1) is 7.87. The van der Waals surface area contributed by atoms with Crippen molar-refractivity contribution in [1.82, 2.24) is 0 Å². The van der Waals surface area contributed by atoms with E-state index in [1.54, 1.807) is 0 Å². The Morgan fingerprint density at radius 2 is 0.737 bits per heavy atom. The van der Waals surface area contributed by atoms with Gasteiger partial charge in [0, 0.05) is 0 Å². The third-order valence-corrected chi connectivity index (χ3v) is 1.63. The van der Waals surface area contributed by atoms with Gasteiger partial charge in [0.2, 0.25) is 0 Å². The van der Waals surface area contributed by atoms with E-state index in [0.717, 1.165) is 0 Å². The summed E-state index contributed by atoms with van der Waals surface area (Å²) in [5.41, 5.74) is 0. The number of hydrogen-bond donors (Lipinski definition) is 0. The van der Waals surface area contributed by atoms with Gasteiger partial charge in [-0.2, -0.15) is 57.1 Å². The molecule has 0 aliphatic carbocycles. The molecule has 1 radical (unpaired) electrons. The minimum atomic E-state index is -7.54. The van der Waals surface area contributed by atoms with E-state index in [4.69, 9.17) is 0 Å². The zero-order valence-corrected chi connectivity index (χ0v) is 7.91. The van der Waals surface area contributed by atoms with Crippen LogP contribution in [0, 0.1) is 5.92 Å². The normalized spacial score (nSPS) is 16.1. The van der Waals surface area contributed by atoms with Gasteiger partial charge in [0.25, 0.3) is 5.92 Å². The molecule has 0 spiro atoms. The minimum absolute atomic E-state index is 5.13. The van der Waals surface area contributed by atoms with Crippen LogP contribution >= 0.6 is 0 Å². The van der Waals surface area contributed by atoms with Crippen LogP contribution in [-0.4, -0.2) is 30.4 Å². The SMILES string of the molecule is FC(F)(F)[C](C(F)(F)F)C(F)(F)C(F)(F)C(F)(F)F. The molecule has 0 aromatic carbocycles. The van der Waals surface area contributed by atoms with Crippen molar-refractivity contribution in [3.05, 3.63) is 5.92 Å². The quantitative estimate of drug-likeness (QED) is 0.657. The highest BCUT2D eigenvalue weighted by molar-refractivity contribution is 5.20. The number of rotatable bonds is 2. The van der Waals surface area contributed by atoms with E-state index in [9.17, 15) is 57.1 Å². The Kier molecular flexibility index (Phi) is 4.09. The topological polar surface area (TPSA) is 0 Å². The van der Waals surface area contributed by atoms with Crippen molar-refractivity contribution in [3.63, 3.8) is 0 Å². The zero-order valence-electron chi connectivity index (χ0n) is 7.91. The average molecular weight is 319 g/mol. The molecule has 0 aliphatic heterocycles. The molecule has 0 fully saturated rings. The predicted molar refractivity (Wildman–Crippen MR) is 31.3 cm³/mol. The predicted octanol–water partition coefficient (Wildman–Crippen LogP) is 4.52. The van der Waals surface area contributed by atoms with Gasteiger partial charge >= 0.3 is 30.4 Å². The number of halogens is 13. The van der Waals surface area contributed by atoms with Crippen LogP contribution in [0.5, 0.6) is 0 Å². The van der Waals surface area contributed by atoms with Crippen LogP contribution in [0.25, 0.3) is 0 Å². The maximum Gasteiger partial charge on any atom is 0.459 e. The van der Waals surface area contributed by atoms with Crippen molar-refractivity contribution >= 4 is 0 Å². The molecule has 0 aliphatic rings. The molecule has 0 rings (SSSR count). The van der Waals surface area contributed by atoms with Crippen molar-refractivity contribution in [2.24, 2.45) is 0 Å². The molecular formula is C6F13. The molecular weight excluding hydrogens is 319 g/mol. The van der Waals surface area contributed by atoms with Gasteiger partial charge in [-0.1, -0.05) is 0 Å². The van der Waals surface area contributed by atoms with Crippen molar-refractivity contribution in [1.29, 1.82) is 0 Å². The Labute approximate surface area is 94.7 Å². The van der Waals surface area contributed by atoms with E-state index in [0.29, 0.717) is 0 Å². The molecule has 0 heterocycles. The van der Waals surface area contributed by atoms with Gasteiger partial charge in [-0.05, 0) is 0 Å². The molecule has 0 nitrogen and oxygen atoms in total. The van der Waals surface area contributed by atoms with Gasteiger partial charge in [-0.3, -0.25) is 0 Å². The lowest BCUT2D eigenvalue weighted by Gasteiger charge is -2.34. The first kappa shape index (κ1) is 18.1. The van der Waals surface area contributed by atoms with E-state index >= 15 is 0 Å². The second-order valence-corrected chi connectivity index (χ2v) is 3.02. The summed E-state index contributed by atoms with van der Waals surface area (Å²) in [6.45, 7) is 0. The van der Waals surface area contributed by atoms with Crippen molar-refractivity contribution in [2.45, 2.75) is 30.4 Å². The zero-order chi connectivity index (χ0) is 16.1. The van der Waals surface area contributed by atoms with Crippen LogP contribution < -0.4 is 0 Å². The second kappa shape index (κ2) is 4.30. The third kappa shape index (κ3) is 3.16. The Bertz CT molecular complexity index is 299. The largest absolute Gasteiger partial charge is 0.459 e. The highest BCUT2D eigenvalue weighted by Gasteiger charge is 2.84. The van der Waals surface area contributed by atoms with Crippen LogP contribution in [0.3, 0.4) is 0 Å². The fraction of sp³-hybridized carbons (Fsp3) is 0.833. The fourth-order valence-electron chi connectivity index (χ4n) is 0.852. The third-order valence-electron chi connectivity index (χ3n) is 1.63. The van der Waals surface area contributed by atoms with Gasteiger partial charge in [0.05, 0.1) is 0 Å². The number of alkyl halides is 13. The summed E-state index contributed by atoms with van der Waals surface area (Å²) in [5, 5.41) is 0. The summed E-state index contributed by atoms with van der Waals surface area (Å²) in [6, 6.07) is 0. The van der Waals surface area contributed by atoms with Crippen molar-refractivity contribution in [2.75, 3.05) is 0 Å². The monoisotopic (exact) mass is 319 g/mol. The van der Waals surface area contributed by atoms with Gasteiger partial charge in [-0.25, -0.2) is 0 Å². The summed E-state index contributed by atoms with van der Waals surface area (Å²) in [7, 11) is 0. The lowest BCUT2D eigenvalue weighted by molar-refractivity contribution is -0.374.